The van der Waals surface area contributed by atoms with Crippen LogP contribution >= 0.6 is 0 Å². The third-order valence-corrected chi connectivity index (χ3v) is 4.40. The van der Waals surface area contributed by atoms with E-state index >= 15 is 0 Å². The van der Waals surface area contributed by atoms with Gasteiger partial charge >= 0.3 is 0 Å². The quantitative estimate of drug-likeness (QED) is 0.866. The average Bonchev–Trinajstić information content (AvgIpc) is 2.50. The molecule has 2 aromatic carbocycles. The maximum Gasteiger partial charge on any atom is 0.265 e. The van der Waals surface area contributed by atoms with Gasteiger partial charge in [0.1, 0.15) is 5.75 Å². The van der Waals surface area contributed by atoms with Gasteiger partial charge < -0.3 is 10.1 Å². The van der Waals surface area contributed by atoms with Gasteiger partial charge in [-0.1, -0.05) is 12.1 Å². The Morgan fingerprint density at radius 2 is 1.75 bits per heavy atom. The van der Waals surface area contributed by atoms with Gasteiger partial charge in [0.25, 0.3) is 5.91 Å². The van der Waals surface area contributed by atoms with E-state index in [2.05, 4.69) is 5.32 Å². The summed E-state index contributed by atoms with van der Waals surface area (Å²) in [6, 6.07) is 11.4. The minimum atomic E-state index is -3.75. The number of aryl methyl sites for hydroxylation is 2. The zero-order valence-electron chi connectivity index (χ0n) is 13.7. The minimum Gasteiger partial charge on any atom is -0.481 e. The number of ether oxygens (including phenoxy) is 1. The number of carbonyl (C=O) groups excluding carboxylic acids is 1. The van der Waals surface area contributed by atoms with Gasteiger partial charge in [-0.25, -0.2) is 13.6 Å². The zero-order valence-corrected chi connectivity index (χ0v) is 14.6. The fourth-order valence-corrected chi connectivity index (χ4v) is 2.57. The van der Waals surface area contributed by atoms with Crippen LogP contribution in [0.5, 0.6) is 5.75 Å². The molecular formula is C17H20N2O4S. The summed E-state index contributed by atoms with van der Waals surface area (Å²) in [6.45, 7) is 5.51. The van der Waals surface area contributed by atoms with Crippen LogP contribution in [0.2, 0.25) is 0 Å². The van der Waals surface area contributed by atoms with E-state index in [4.69, 9.17) is 9.88 Å². The Labute approximate surface area is 141 Å². The second kappa shape index (κ2) is 7.02. The van der Waals surface area contributed by atoms with Crippen molar-refractivity contribution in [1.82, 2.24) is 0 Å². The van der Waals surface area contributed by atoms with E-state index < -0.39 is 16.1 Å². The van der Waals surface area contributed by atoms with Gasteiger partial charge in [0.05, 0.1) is 4.90 Å². The summed E-state index contributed by atoms with van der Waals surface area (Å²) in [7, 11) is -3.75. The van der Waals surface area contributed by atoms with Crippen LogP contribution in [-0.2, 0) is 14.8 Å². The average molecular weight is 348 g/mol. The first kappa shape index (κ1) is 18.0. The molecule has 0 saturated heterocycles. The predicted octanol–water partition coefficient (Wildman–Crippen LogP) is 2.36. The third-order valence-electron chi connectivity index (χ3n) is 3.47. The molecule has 128 valence electrons. The molecule has 1 amide bonds. The van der Waals surface area contributed by atoms with Crippen molar-refractivity contribution >= 4 is 21.6 Å². The topological polar surface area (TPSA) is 98.5 Å². The molecule has 0 spiro atoms. The molecule has 6 nitrogen and oxygen atoms in total. The highest BCUT2D eigenvalue weighted by Gasteiger charge is 2.16. The van der Waals surface area contributed by atoms with Gasteiger partial charge in [-0.3, -0.25) is 4.79 Å². The van der Waals surface area contributed by atoms with Crippen LogP contribution < -0.4 is 15.2 Å². The fraction of sp³-hybridized carbons (Fsp3) is 0.235. The van der Waals surface area contributed by atoms with Crippen molar-refractivity contribution in [3.63, 3.8) is 0 Å². The summed E-state index contributed by atoms with van der Waals surface area (Å²) < 4.78 is 28.1. The molecule has 0 aromatic heterocycles. The fourth-order valence-electron chi connectivity index (χ4n) is 2.05. The number of hydrogen-bond donors (Lipinski definition) is 2. The Hall–Kier alpha value is -2.38. The van der Waals surface area contributed by atoms with E-state index in [9.17, 15) is 13.2 Å². The third kappa shape index (κ3) is 4.56. The standard InChI is InChI=1S/C17H20N2O4S/c1-11-4-5-12(2)16(10-11)23-13(3)17(20)19-14-6-8-15(9-7-14)24(18,21)22/h4-10,13H,1-3H3,(H,19,20)(H2,18,21,22)/t13-/m0/s1. The van der Waals surface area contributed by atoms with Gasteiger partial charge in [0.15, 0.2) is 6.10 Å². The first-order valence-electron chi connectivity index (χ1n) is 7.34. The monoisotopic (exact) mass is 348 g/mol. The van der Waals surface area contributed by atoms with Crippen molar-refractivity contribution in [1.29, 1.82) is 0 Å². The number of carbonyl (C=O) groups is 1. The van der Waals surface area contributed by atoms with E-state index in [0.29, 0.717) is 11.4 Å². The number of rotatable bonds is 5. The van der Waals surface area contributed by atoms with Gasteiger partial charge in [-0.2, -0.15) is 0 Å². The van der Waals surface area contributed by atoms with Crippen LogP contribution in [0.15, 0.2) is 47.4 Å². The van der Waals surface area contributed by atoms with E-state index in [-0.39, 0.29) is 10.8 Å². The maximum absolute atomic E-state index is 12.2. The number of benzene rings is 2. The lowest BCUT2D eigenvalue weighted by Gasteiger charge is -2.17. The SMILES string of the molecule is Cc1ccc(C)c(O[C@@H](C)C(=O)Nc2ccc(S(N)(=O)=O)cc2)c1. The van der Waals surface area contributed by atoms with Crippen LogP contribution in [0.1, 0.15) is 18.1 Å². The minimum absolute atomic E-state index is 0.0137. The highest BCUT2D eigenvalue weighted by atomic mass is 32.2. The van der Waals surface area contributed by atoms with Crippen LogP contribution in [0.3, 0.4) is 0 Å². The zero-order chi connectivity index (χ0) is 17.9. The first-order valence-corrected chi connectivity index (χ1v) is 8.89. The molecule has 0 radical (unpaired) electrons. The number of anilines is 1. The molecule has 0 aliphatic carbocycles. The summed E-state index contributed by atoms with van der Waals surface area (Å²) in [6.07, 6.45) is -0.705. The van der Waals surface area contributed by atoms with Gasteiger partial charge in [0, 0.05) is 5.69 Å². The van der Waals surface area contributed by atoms with E-state index in [0.717, 1.165) is 11.1 Å². The Bertz CT molecular complexity index is 845. The molecule has 0 unspecified atom stereocenters. The summed E-state index contributed by atoms with van der Waals surface area (Å²) in [4.78, 5) is 12.2. The molecule has 0 aliphatic heterocycles. The second-order valence-electron chi connectivity index (χ2n) is 5.59. The highest BCUT2D eigenvalue weighted by molar-refractivity contribution is 7.89. The van der Waals surface area contributed by atoms with Gasteiger partial charge in [-0.05, 0) is 62.2 Å². The maximum atomic E-state index is 12.2. The molecule has 2 rings (SSSR count). The van der Waals surface area contributed by atoms with Crippen LogP contribution in [0.25, 0.3) is 0 Å². The molecule has 0 saturated carbocycles. The van der Waals surface area contributed by atoms with Crippen LogP contribution in [-0.4, -0.2) is 20.4 Å². The largest absolute Gasteiger partial charge is 0.481 e. The first-order chi connectivity index (χ1) is 11.2. The summed E-state index contributed by atoms with van der Waals surface area (Å²) in [5, 5.41) is 7.71. The number of sulfonamides is 1. The molecule has 2 aromatic rings. The van der Waals surface area contributed by atoms with Crippen molar-refractivity contribution in [3.8, 4) is 5.75 Å². The van der Waals surface area contributed by atoms with E-state index in [1.54, 1.807) is 6.92 Å². The summed E-state index contributed by atoms with van der Waals surface area (Å²) in [5.41, 5.74) is 2.45. The summed E-state index contributed by atoms with van der Waals surface area (Å²) >= 11 is 0. The Kier molecular flexibility index (Phi) is 5.26. The molecule has 0 aliphatic rings. The lowest BCUT2D eigenvalue weighted by atomic mass is 10.1. The van der Waals surface area contributed by atoms with Crippen LogP contribution in [0, 0.1) is 13.8 Å². The molecule has 0 heterocycles. The van der Waals surface area contributed by atoms with E-state index in [1.165, 1.54) is 24.3 Å². The predicted molar refractivity (Wildman–Crippen MR) is 92.5 cm³/mol. The lowest BCUT2D eigenvalue weighted by molar-refractivity contribution is -0.122. The second-order valence-corrected chi connectivity index (χ2v) is 7.15. The molecular weight excluding hydrogens is 328 g/mol. The molecule has 3 N–H and O–H groups in total. The summed E-state index contributed by atoms with van der Waals surface area (Å²) in [5.74, 6) is 0.321. The Morgan fingerprint density at radius 1 is 1.12 bits per heavy atom. The number of primary sulfonamides is 1. The molecule has 7 heteroatoms. The molecule has 0 bridgehead atoms. The number of nitrogens with one attached hydrogen (secondary N) is 1. The number of hydrogen-bond acceptors (Lipinski definition) is 4. The molecule has 24 heavy (non-hydrogen) atoms. The van der Waals surface area contributed by atoms with Crippen LogP contribution in [0.4, 0.5) is 5.69 Å². The van der Waals surface area contributed by atoms with Crippen molar-refractivity contribution in [2.45, 2.75) is 31.8 Å². The van der Waals surface area contributed by atoms with E-state index in [1.807, 2.05) is 32.0 Å². The van der Waals surface area contributed by atoms with Crippen molar-refractivity contribution in [2.24, 2.45) is 5.14 Å². The van der Waals surface area contributed by atoms with Crippen molar-refractivity contribution in [2.75, 3.05) is 5.32 Å². The smallest absolute Gasteiger partial charge is 0.265 e. The highest BCUT2D eigenvalue weighted by Crippen LogP contribution is 2.21. The van der Waals surface area contributed by atoms with Crippen molar-refractivity contribution < 1.29 is 17.9 Å². The molecule has 0 fully saturated rings. The lowest BCUT2D eigenvalue weighted by Crippen LogP contribution is -2.30. The van der Waals surface area contributed by atoms with Gasteiger partial charge in [-0.15, -0.1) is 0 Å². The number of nitrogens with two attached hydrogens (primary N) is 1. The Morgan fingerprint density at radius 3 is 2.33 bits per heavy atom. The Balaban J connectivity index is 2.05. The number of amides is 1. The van der Waals surface area contributed by atoms with Crippen molar-refractivity contribution in [3.05, 3.63) is 53.6 Å². The normalized spacial score (nSPS) is 12.5. The molecule has 1 atom stereocenters. The van der Waals surface area contributed by atoms with Gasteiger partial charge in [0.2, 0.25) is 10.0 Å².